The monoisotopic (exact) mass is 310 g/mol. The molecule has 0 saturated heterocycles. The minimum atomic E-state index is -0.699. The molecular formula is C20H22O3. The molecule has 0 aliphatic rings. The quantitative estimate of drug-likeness (QED) is 0.552. The Morgan fingerprint density at radius 3 is 2.04 bits per heavy atom. The van der Waals surface area contributed by atoms with Crippen molar-refractivity contribution in [3.05, 3.63) is 71.8 Å². The lowest BCUT2D eigenvalue weighted by atomic mass is 9.92. The van der Waals surface area contributed by atoms with Gasteiger partial charge in [-0.05, 0) is 30.9 Å². The zero-order valence-corrected chi connectivity index (χ0v) is 13.4. The van der Waals surface area contributed by atoms with Crippen LogP contribution in [0.4, 0.5) is 0 Å². The van der Waals surface area contributed by atoms with Gasteiger partial charge in [0.1, 0.15) is 5.92 Å². The number of benzene rings is 2. The van der Waals surface area contributed by atoms with Gasteiger partial charge in [0.15, 0.2) is 5.78 Å². The number of rotatable bonds is 8. The van der Waals surface area contributed by atoms with Gasteiger partial charge in [-0.1, -0.05) is 60.7 Å². The van der Waals surface area contributed by atoms with E-state index >= 15 is 0 Å². The lowest BCUT2D eigenvalue weighted by Gasteiger charge is -2.14. The summed E-state index contributed by atoms with van der Waals surface area (Å²) in [5.41, 5.74) is 2.04. The molecule has 2 aromatic rings. The van der Waals surface area contributed by atoms with Gasteiger partial charge in [-0.25, -0.2) is 0 Å². The summed E-state index contributed by atoms with van der Waals surface area (Å²) in [5.74, 6) is -1.19. The van der Waals surface area contributed by atoms with Crippen LogP contribution in [0.1, 0.15) is 24.5 Å². The Kier molecular flexibility index (Phi) is 6.55. The molecule has 0 aliphatic heterocycles. The molecule has 3 nitrogen and oxygen atoms in total. The van der Waals surface area contributed by atoms with Gasteiger partial charge in [-0.3, -0.25) is 9.59 Å². The number of Topliss-reactive ketones (excluding diaryl/α,β-unsaturated/α-hetero) is 1. The summed E-state index contributed by atoms with van der Waals surface area (Å²) >= 11 is 0. The Labute approximate surface area is 137 Å². The summed E-state index contributed by atoms with van der Waals surface area (Å²) in [6, 6.07) is 19.4. The van der Waals surface area contributed by atoms with E-state index in [2.05, 4.69) is 0 Å². The molecule has 23 heavy (non-hydrogen) atoms. The van der Waals surface area contributed by atoms with Crippen LogP contribution in [0.25, 0.3) is 0 Å². The number of carbonyl (C=O) groups is 2. The number of hydrogen-bond acceptors (Lipinski definition) is 3. The van der Waals surface area contributed by atoms with E-state index < -0.39 is 11.9 Å². The minimum absolute atomic E-state index is 0.0782. The van der Waals surface area contributed by atoms with E-state index in [0.717, 1.165) is 11.1 Å². The van der Waals surface area contributed by atoms with Gasteiger partial charge in [0.2, 0.25) is 0 Å². The van der Waals surface area contributed by atoms with E-state index in [4.69, 9.17) is 4.74 Å². The number of carbonyl (C=O) groups excluding carboxylic acids is 2. The summed E-state index contributed by atoms with van der Waals surface area (Å²) in [6.45, 7) is 2.05. The van der Waals surface area contributed by atoms with Crippen LogP contribution in [0.2, 0.25) is 0 Å². The predicted octanol–water partition coefficient (Wildman–Crippen LogP) is 3.61. The summed E-state index contributed by atoms with van der Waals surface area (Å²) in [4.78, 5) is 24.7. The normalized spacial score (nSPS) is 11.7. The first-order valence-corrected chi connectivity index (χ1v) is 7.98. The molecule has 3 heteroatoms. The number of aryl methyl sites for hydroxylation is 1. The van der Waals surface area contributed by atoms with Crippen LogP contribution in [-0.4, -0.2) is 18.4 Å². The van der Waals surface area contributed by atoms with Crippen LogP contribution in [-0.2, 0) is 27.2 Å². The first-order valence-electron chi connectivity index (χ1n) is 7.98. The largest absolute Gasteiger partial charge is 0.465 e. The van der Waals surface area contributed by atoms with Crippen LogP contribution in [0.15, 0.2) is 60.7 Å². The Bertz CT molecular complexity index is 620. The second-order valence-electron chi connectivity index (χ2n) is 5.46. The zero-order valence-electron chi connectivity index (χ0n) is 13.4. The second kappa shape index (κ2) is 8.89. The van der Waals surface area contributed by atoms with E-state index in [9.17, 15) is 9.59 Å². The molecule has 2 aromatic carbocycles. The van der Waals surface area contributed by atoms with Crippen molar-refractivity contribution in [2.45, 2.75) is 26.2 Å². The number of esters is 1. The summed E-state index contributed by atoms with van der Waals surface area (Å²) < 4.78 is 5.09. The zero-order chi connectivity index (χ0) is 16.5. The van der Waals surface area contributed by atoms with E-state index in [1.54, 1.807) is 6.92 Å². The fourth-order valence-electron chi connectivity index (χ4n) is 2.53. The maximum absolute atomic E-state index is 12.5. The molecule has 0 amide bonds. The third-order valence-electron chi connectivity index (χ3n) is 3.75. The summed E-state index contributed by atoms with van der Waals surface area (Å²) in [7, 11) is 0. The van der Waals surface area contributed by atoms with Crippen molar-refractivity contribution in [1.29, 1.82) is 0 Å². The first-order chi connectivity index (χ1) is 11.2. The van der Waals surface area contributed by atoms with Crippen molar-refractivity contribution in [2.24, 2.45) is 5.92 Å². The van der Waals surface area contributed by atoms with Crippen LogP contribution in [0.3, 0.4) is 0 Å². The van der Waals surface area contributed by atoms with E-state index in [0.29, 0.717) is 19.4 Å². The molecule has 0 saturated carbocycles. The molecule has 0 radical (unpaired) electrons. The smallest absolute Gasteiger partial charge is 0.316 e. The van der Waals surface area contributed by atoms with Crippen molar-refractivity contribution in [2.75, 3.05) is 6.61 Å². The molecular weight excluding hydrogens is 288 g/mol. The molecule has 0 heterocycles. The first kappa shape index (κ1) is 16.9. The Morgan fingerprint density at radius 1 is 0.913 bits per heavy atom. The Morgan fingerprint density at radius 2 is 1.48 bits per heavy atom. The standard InChI is InChI=1S/C20H22O3/c1-2-23-20(22)18(14-13-16-9-5-3-6-10-16)19(21)15-17-11-7-4-8-12-17/h3-12,18H,2,13-15H2,1H3. The highest BCUT2D eigenvalue weighted by Gasteiger charge is 2.27. The molecule has 0 N–H and O–H groups in total. The molecule has 1 atom stereocenters. The highest BCUT2D eigenvalue weighted by Crippen LogP contribution is 2.16. The van der Waals surface area contributed by atoms with Crippen molar-refractivity contribution in [3.63, 3.8) is 0 Å². The van der Waals surface area contributed by atoms with Gasteiger partial charge in [0.25, 0.3) is 0 Å². The number of ether oxygens (including phenoxy) is 1. The average Bonchev–Trinajstić information content (AvgIpc) is 2.57. The van der Waals surface area contributed by atoms with Gasteiger partial charge in [0.05, 0.1) is 6.61 Å². The lowest BCUT2D eigenvalue weighted by Crippen LogP contribution is -2.28. The maximum atomic E-state index is 12.5. The predicted molar refractivity (Wildman–Crippen MR) is 90.0 cm³/mol. The molecule has 120 valence electrons. The van der Waals surface area contributed by atoms with E-state index in [1.165, 1.54) is 0 Å². The number of hydrogen-bond donors (Lipinski definition) is 0. The highest BCUT2D eigenvalue weighted by molar-refractivity contribution is 5.99. The van der Waals surface area contributed by atoms with Crippen molar-refractivity contribution >= 4 is 11.8 Å². The third kappa shape index (κ3) is 5.37. The fraction of sp³-hybridized carbons (Fsp3) is 0.300. The average molecular weight is 310 g/mol. The van der Waals surface area contributed by atoms with Crippen LogP contribution in [0.5, 0.6) is 0 Å². The van der Waals surface area contributed by atoms with Gasteiger partial charge in [0, 0.05) is 6.42 Å². The maximum Gasteiger partial charge on any atom is 0.316 e. The SMILES string of the molecule is CCOC(=O)C(CCc1ccccc1)C(=O)Cc1ccccc1. The topological polar surface area (TPSA) is 43.4 Å². The number of ketones is 1. The third-order valence-corrected chi connectivity index (χ3v) is 3.75. The second-order valence-corrected chi connectivity index (χ2v) is 5.46. The van der Waals surface area contributed by atoms with Crippen LogP contribution >= 0.6 is 0 Å². The molecule has 0 fully saturated rings. The van der Waals surface area contributed by atoms with Crippen molar-refractivity contribution in [3.8, 4) is 0 Å². The minimum Gasteiger partial charge on any atom is -0.465 e. The van der Waals surface area contributed by atoms with Gasteiger partial charge in [-0.2, -0.15) is 0 Å². The van der Waals surface area contributed by atoms with E-state index in [1.807, 2.05) is 60.7 Å². The van der Waals surface area contributed by atoms with Crippen molar-refractivity contribution < 1.29 is 14.3 Å². The Balaban J connectivity index is 2.04. The Hall–Kier alpha value is -2.42. The summed E-state index contributed by atoms with van der Waals surface area (Å²) in [6.07, 6.45) is 1.43. The van der Waals surface area contributed by atoms with Gasteiger partial charge >= 0.3 is 5.97 Å². The lowest BCUT2D eigenvalue weighted by molar-refractivity contribution is -0.151. The molecule has 1 unspecified atom stereocenters. The molecule has 0 aliphatic carbocycles. The van der Waals surface area contributed by atoms with Gasteiger partial charge < -0.3 is 4.74 Å². The molecule has 0 spiro atoms. The van der Waals surface area contributed by atoms with Crippen LogP contribution in [0, 0.1) is 5.92 Å². The molecule has 0 aromatic heterocycles. The highest BCUT2D eigenvalue weighted by atomic mass is 16.5. The molecule has 2 rings (SSSR count). The molecule has 0 bridgehead atoms. The van der Waals surface area contributed by atoms with Crippen LogP contribution < -0.4 is 0 Å². The van der Waals surface area contributed by atoms with E-state index in [-0.39, 0.29) is 12.2 Å². The van der Waals surface area contributed by atoms with Gasteiger partial charge in [-0.15, -0.1) is 0 Å². The van der Waals surface area contributed by atoms with Crippen molar-refractivity contribution in [1.82, 2.24) is 0 Å². The summed E-state index contributed by atoms with van der Waals surface area (Å²) in [5, 5.41) is 0. The fourth-order valence-corrected chi connectivity index (χ4v) is 2.53.